The number of hydrogen-bond donors (Lipinski definition) is 3. The summed E-state index contributed by atoms with van der Waals surface area (Å²) in [6.45, 7) is 2.34. The standard InChI is InChI=1S/C19H25F2N5O4S/c1-3-8-31(27,28)25-17-5-4-15(20)19(18(17)21)26(23)12-16(22)13-9-14(11-24-10-13)30-7-6-29-2/h4-5,9-12,25H,3,6-8,22-23H2,1-2H3/b16-12-. The van der Waals surface area contributed by atoms with Gasteiger partial charge in [-0.1, -0.05) is 6.92 Å². The number of nitrogens with two attached hydrogens (primary N) is 2. The molecule has 5 N–H and O–H groups in total. The third kappa shape index (κ3) is 6.77. The van der Waals surface area contributed by atoms with Gasteiger partial charge in [-0.25, -0.2) is 23.0 Å². The van der Waals surface area contributed by atoms with Crippen molar-refractivity contribution in [3.05, 3.63) is 54.0 Å². The smallest absolute Gasteiger partial charge is 0.232 e. The highest BCUT2D eigenvalue weighted by Crippen LogP contribution is 2.29. The van der Waals surface area contributed by atoms with E-state index >= 15 is 0 Å². The summed E-state index contributed by atoms with van der Waals surface area (Å²) in [4.78, 5) is 4.00. The number of benzene rings is 1. The molecular formula is C19H25F2N5O4S. The first kappa shape index (κ1) is 24.3. The maximum Gasteiger partial charge on any atom is 0.232 e. The maximum absolute atomic E-state index is 14.8. The first-order valence-electron chi connectivity index (χ1n) is 9.25. The summed E-state index contributed by atoms with van der Waals surface area (Å²) in [6.07, 6.45) is 4.31. The molecule has 0 atom stereocenters. The van der Waals surface area contributed by atoms with Crippen LogP contribution in [0.3, 0.4) is 0 Å². The molecule has 0 radical (unpaired) electrons. The molecule has 170 valence electrons. The Morgan fingerprint density at radius 3 is 2.71 bits per heavy atom. The number of aromatic nitrogens is 1. The molecular weight excluding hydrogens is 432 g/mol. The molecule has 0 fully saturated rings. The van der Waals surface area contributed by atoms with Gasteiger partial charge in [0.1, 0.15) is 18.0 Å². The molecule has 1 aromatic carbocycles. The molecule has 9 nitrogen and oxygen atoms in total. The first-order valence-corrected chi connectivity index (χ1v) is 10.9. The number of anilines is 2. The van der Waals surface area contributed by atoms with E-state index in [0.717, 1.165) is 18.3 Å². The van der Waals surface area contributed by atoms with Crippen LogP contribution in [0.5, 0.6) is 5.75 Å². The molecule has 0 bridgehead atoms. The molecule has 1 heterocycles. The number of ether oxygens (including phenoxy) is 2. The van der Waals surface area contributed by atoms with Gasteiger partial charge < -0.3 is 15.2 Å². The largest absolute Gasteiger partial charge is 0.490 e. The highest BCUT2D eigenvalue weighted by molar-refractivity contribution is 7.92. The van der Waals surface area contributed by atoms with Gasteiger partial charge in [0.15, 0.2) is 11.6 Å². The molecule has 2 rings (SSSR count). The van der Waals surface area contributed by atoms with Crippen LogP contribution in [0.1, 0.15) is 18.9 Å². The van der Waals surface area contributed by atoms with E-state index in [0.29, 0.717) is 36.0 Å². The summed E-state index contributed by atoms with van der Waals surface area (Å²) >= 11 is 0. The average molecular weight is 458 g/mol. The van der Waals surface area contributed by atoms with Crippen molar-refractivity contribution in [2.24, 2.45) is 11.6 Å². The van der Waals surface area contributed by atoms with Crippen molar-refractivity contribution >= 4 is 27.1 Å². The van der Waals surface area contributed by atoms with Crippen LogP contribution in [-0.2, 0) is 14.8 Å². The summed E-state index contributed by atoms with van der Waals surface area (Å²) < 4.78 is 65.4. The highest BCUT2D eigenvalue weighted by Gasteiger charge is 2.20. The Hall–Kier alpha value is -2.96. The number of hydrogen-bond acceptors (Lipinski definition) is 8. The molecule has 1 aromatic heterocycles. The summed E-state index contributed by atoms with van der Waals surface area (Å²) in [6, 6.07) is 3.45. The lowest BCUT2D eigenvalue weighted by atomic mass is 10.2. The second-order valence-electron chi connectivity index (χ2n) is 6.42. The normalized spacial score (nSPS) is 12.0. The van der Waals surface area contributed by atoms with E-state index in [9.17, 15) is 17.2 Å². The molecule has 2 aromatic rings. The van der Waals surface area contributed by atoms with Crippen LogP contribution in [0.15, 0.2) is 36.8 Å². The van der Waals surface area contributed by atoms with Crippen LogP contribution in [0.2, 0.25) is 0 Å². The second-order valence-corrected chi connectivity index (χ2v) is 8.26. The Labute approximate surface area is 179 Å². The molecule has 12 heteroatoms. The quantitative estimate of drug-likeness (QED) is 0.266. The van der Waals surface area contributed by atoms with E-state index in [4.69, 9.17) is 21.1 Å². The lowest BCUT2D eigenvalue weighted by Crippen LogP contribution is -2.28. The van der Waals surface area contributed by atoms with E-state index in [1.54, 1.807) is 13.0 Å². The summed E-state index contributed by atoms with van der Waals surface area (Å²) in [5.74, 6) is 3.83. The molecule has 0 saturated carbocycles. The molecule has 0 amide bonds. The molecule has 0 spiro atoms. The van der Waals surface area contributed by atoms with Crippen LogP contribution in [0, 0.1) is 11.6 Å². The minimum atomic E-state index is -3.79. The molecule has 0 aliphatic carbocycles. The Balaban J connectivity index is 2.30. The molecule has 0 aliphatic rings. The van der Waals surface area contributed by atoms with E-state index in [1.807, 2.05) is 0 Å². The van der Waals surface area contributed by atoms with Gasteiger partial charge in [0.25, 0.3) is 0 Å². The van der Waals surface area contributed by atoms with Crippen LogP contribution in [0.25, 0.3) is 5.70 Å². The SMILES string of the molecule is CCCS(=O)(=O)Nc1ccc(F)c(N(N)/C=C(\N)c2cncc(OCCOC)c2)c1F. The number of nitrogens with zero attached hydrogens (tertiary/aromatic N) is 2. The third-order valence-corrected chi connectivity index (χ3v) is 5.42. The second kappa shape index (κ2) is 10.9. The van der Waals surface area contributed by atoms with E-state index in [2.05, 4.69) is 9.71 Å². The number of sulfonamides is 1. The van der Waals surface area contributed by atoms with Crippen molar-refractivity contribution < 1.29 is 26.7 Å². The van der Waals surface area contributed by atoms with Crippen molar-refractivity contribution in [1.82, 2.24) is 4.98 Å². The Kier molecular flexibility index (Phi) is 8.54. The highest BCUT2D eigenvalue weighted by atomic mass is 32.2. The van der Waals surface area contributed by atoms with Gasteiger partial charge in [0, 0.05) is 25.1 Å². The van der Waals surface area contributed by atoms with Crippen LogP contribution >= 0.6 is 0 Å². The zero-order chi connectivity index (χ0) is 23.0. The predicted molar refractivity (Wildman–Crippen MR) is 114 cm³/mol. The average Bonchev–Trinajstić information content (AvgIpc) is 2.70. The Bertz CT molecular complexity index is 1030. The van der Waals surface area contributed by atoms with Gasteiger partial charge in [-0.3, -0.25) is 14.7 Å². The number of hydrazine groups is 1. The number of halogens is 2. The number of rotatable bonds is 11. The maximum atomic E-state index is 14.8. The van der Waals surface area contributed by atoms with Crippen LogP contribution in [-0.4, -0.2) is 39.5 Å². The molecule has 31 heavy (non-hydrogen) atoms. The summed E-state index contributed by atoms with van der Waals surface area (Å²) in [7, 11) is -2.25. The van der Waals surface area contributed by atoms with Crippen molar-refractivity contribution in [2.75, 3.05) is 35.8 Å². The zero-order valence-corrected chi connectivity index (χ0v) is 18.0. The van der Waals surface area contributed by atoms with Crippen molar-refractivity contribution in [1.29, 1.82) is 0 Å². The van der Waals surface area contributed by atoms with Gasteiger partial charge in [-0.2, -0.15) is 0 Å². The lowest BCUT2D eigenvalue weighted by Gasteiger charge is -2.19. The fourth-order valence-electron chi connectivity index (χ4n) is 2.53. The van der Waals surface area contributed by atoms with Gasteiger partial charge in [-0.15, -0.1) is 0 Å². The number of pyridine rings is 1. The van der Waals surface area contributed by atoms with E-state index in [1.165, 1.54) is 19.5 Å². The van der Waals surface area contributed by atoms with Gasteiger partial charge in [-0.05, 0) is 24.6 Å². The van der Waals surface area contributed by atoms with Gasteiger partial charge in [0.2, 0.25) is 10.0 Å². The topological polar surface area (TPSA) is 133 Å². The van der Waals surface area contributed by atoms with Gasteiger partial charge >= 0.3 is 0 Å². The van der Waals surface area contributed by atoms with Crippen LogP contribution < -0.4 is 26.0 Å². The predicted octanol–water partition coefficient (Wildman–Crippen LogP) is 2.17. The number of methoxy groups -OCH3 is 1. The fraction of sp³-hybridized carbons (Fsp3) is 0.316. The van der Waals surface area contributed by atoms with Crippen molar-refractivity contribution in [2.45, 2.75) is 13.3 Å². The summed E-state index contributed by atoms with van der Waals surface area (Å²) in [5.41, 5.74) is 5.33. The zero-order valence-electron chi connectivity index (χ0n) is 17.1. The van der Waals surface area contributed by atoms with Gasteiger partial charge in [0.05, 0.1) is 29.9 Å². The molecule has 0 saturated heterocycles. The number of nitrogens with one attached hydrogen (secondary N) is 1. The Morgan fingerprint density at radius 2 is 2.03 bits per heavy atom. The van der Waals surface area contributed by atoms with E-state index in [-0.39, 0.29) is 11.4 Å². The first-order chi connectivity index (χ1) is 14.7. The minimum absolute atomic E-state index is 0.0444. The monoisotopic (exact) mass is 457 g/mol. The third-order valence-electron chi connectivity index (χ3n) is 3.94. The summed E-state index contributed by atoms with van der Waals surface area (Å²) in [5, 5.41) is 0.635. The Morgan fingerprint density at radius 1 is 1.29 bits per heavy atom. The molecule has 0 aliphatic heterocycles. The van der Waals surface area contributed by atoms with E-state index < -0.39 is 33.0 Å². The lowest BCUT2D eigenvalue weighted by molar-refractivity contribution is 0.146. The van der Waals surface area contributed by atoms with Crippen LogP contribution in [0.4, 0.5) is 20.2 Å². The van der Waals surface area contributed by atoms with Crippen molar-refractivity contribution in [3.8, 4) is 5.75 Å². The van der Waals surface area contributed by atoms with Crippen molar-refractivity contribution in [3.63, 3.8) is 0 Å². The molecule has 0 unspecified atom stereocenters. The fourth-order valence-corrected chi connectivity index (χ4v) is 3.66. The minimum Gasteiger partial charge on any atom is -0.490 e.